The summed E-state index contributed by atoms with van der Waals surface area (Å²) in [5.74, 6) is -0.135. The van der Waals surface area contributed by atoms with Gasteiger partial charge in [0.1, 0.15) is 11.5 Å². The SMILES string of the molecule is CCC(CC(C)=O)c1ccc(OC(F)(F)F)cc1. The van der Waals surface area contributed by atoms with Crippen molar-refractivity contribution in [3.05, 3.63) is 29.8 Å². The summed E-state index contributed by atoms with van der Waals surface area (Å²) >= 11 is 0. The van der Waals surface area contributed by atoms with Crippen molar-refractivity contribution in [1.82, 2.24) is 0 Å². The molecule has 0 aromatic heterocycles. The molecule has 0 radical (unpaired) electrons. The molecule has 0 aliphatic heterocycles. The molecule has 0 saturated heterocycles. The lowest BCUT2D eigenvalue weighted by molar-refractivity contribution is -0.274. The van der Waals surface area contributed by atoms with E-state index in [2.05, 4.69) is 4.74 Å². The number of Topliss-reactive ketones (excluding diaryl/α,β-unsaturated/α-hetero) is 1. The van der Waals surface area contributed by atoms with Crippen molar-refractivity contribution >= 4 is 5.78 Å². The number of hydrogen-bond donors (Lipinski definition) is 0. The minimum absolute atomic E-state index is 0.0439. The van der Waals surface area contributed by atoms with E-state index in [1.165, 1.54) is 19.1 Å². The van der Waals surface area contributed by atoms with Crippen molar-refractivity contribution in [2.45, 2.75) is 39.0 Å². The van der Waals surface area contributed by atoms with Crippen LogP contribution in [0.5, 0.6) is 5.75 Å². The standard InChI is InChI=1S/C13H15F3O2/c1-3-10(8-9(2)17)11-4-6-12(7-5-11)18-13(14,15)16/h4-7,10H,3,8H2,1-2H3. The summed E-state index contributed by atoms with van der Waals surface area (Å²) < 4.78 is 39.7. The number of ether oxygens (including phenoxy) is 1. The van der Waals surface area contributed by atoms with Gasteiger partial charge in [-0.3, -0.25) is 0 Å². The van der Waals surface area contributed by atoms with Crippen molar-refractivity contribution in [3.8, 4) is 5.75 Å². The number of hydrogen-bond acceptors (Lipinski definition) is 2. The lowest BCUT2D eigenvalue weighted by Gasteiger charge is -2.14. The van der Waals surface area contributed by atoms with Crippen molar-refractivity contribution in [2.75, 3.05) is 0 Å². The van der Waals surface area contributed by atoms with Gasteiger partial charge < -0.3 is 9.53 Å². The molecule has 0 aliphatic rings. The number of alkyl halides is 3. The number of benzene rings is 1. The highest BCUT2D eigenvalue weighted by Crippen LogP contribution is 2.27. The van der Waals surface area contributed by atoms with Crippen molar-refractivity contribution < 1.29 is 22.7 Å². The third kappa shape index (κ3) is 4.77. The number of carbonyl (C=O) groups excluding carboxylic acids is 1. The zero-order valence-electron chi connectivity index (χ0n) is 10.3. The Morgan fingerprint density at radius 1 is 1.28 bits per heavy atom. The van der Waals surface area contributed by atoms with Crippen molar-refractivity contribution in [1.29, 1.82) is 0 Å². The molecule has 1 rings (SSSR count). The number of rotatable bonds is 5. The van der Waals surface area contributed by atoms with Crippen molar-refractivity contribution in [3.63, 3.8) is 0 Å². The maximum atomic E-state index is 12.0. The van der Waals surface area contributed by atoms with Crippen LogP contribution in [0.4, 0.5) is 13.2 Å². The van der Waals surface area contributed by atoms with Crippen LogP contribution in [0.15, 0.2) is 24.3 Å². The Labute approximate surface area is 104 Å². The van der Waals surface area contributed by atoms with Gasteiger partial charge in [-0.05, 0) is 37.0 Å². The Hall–Kier alpha value is -1.52. The van der Waals surface area contributed by atoms with Gasteiger partial charge in [-0.1, -0.05) is 19.1 Å². The van der Waals surface area contributed by atoms with Crippen LogP contribution < -0.4 is 4.74 Å². The zero-order chi connectivity index (χ0) is 13.8. The molecule has 0 bridgehead atoms. The largest absolute Gasteiger partial charge is 0.573 e. The third-order valence-corrected chi connectivity index (χ3v) is 2.61. The quantitative estimate of drug-likeness (QED) is 0.798. The highest BCUT2D eigenvalue weighted by molar-refractivity contribution is 5.76. The molecule has 18 heavy (non-hydrogen) atoms. The normalized spacial score (nSPS) is 13.2. The molecule has 2 nitrogen and oxygen atoms in total. The van der Waals surface area contributed by atoms with Gasteiger partial charge in [-0.15, -0.1) is 13.2 Å². The average molecular weight is 260 g/mol. The molecule has 1 aromatic rings. The van der Waals surface area contributed by atoms with E-state index in [1.54, 1.807) is 12.1 Å². The first-order valence-electron chi connectivity index (χ1n) is 5.67. The van der Waals surface area contributed by atoms with E-state index >= 15 is 0 Å². The number of ketones is 1. The molecule has 0 saturated carbocycles. The maximum Gasteiger partial charge on any atom is 0.573 e. The Morgan fingerprint density at radius 3 is 2.22 bits per heavy atom. The fourth-order valence-electron chi connectivity index (χ4n) is 1.79. The molecule has 5 heteroatoms. The van der Waals surface area contributed by atoms with Gasteiger partial charge in [0.05, 0.1) is 0 Å². The van der Waals surface area contributed by atoms with Gasteiger partial charge in [-0.2, -0.15) is 0 Å². The number of halogens is 3. The van der Waals surface area contributed by atoms with Gasteiger partial charge in [0.25, 0.3) is 0 Å². The lowest BCUT2D eigenvalue weighted by atomic mass is 9.92. The van der Waals surface area contributed by atoms with Crippen LogP contribution in [0.3, 0.4) is 0 Å². The van der Waals surface area contributed by atoms with Crippen LogP contribution in [-0.2, 0) is 4.79 Å². The van der Waals surface area contributed by atoms with Crippen LogP contribution in [0, 0.1) is 0 Å². The molecule has 0 amide bonds. The minimum Gasteiger partial charge on any atom is -0.406 e. The van der Waals surface area contributed by atoms with Crippen LogP contribution in [0.2, 0.25) is 0 Å². The van der Waals surface area contributed by atoms with E-state index in [1.807, 2.05) is 6.92 Å². The molecule has 1 unspecified atom stereocenters. The Bertz CT molecular complexity index is 396. The summed E-state index contributed by atoms with van der Waals surface area (Å²) in [5.41, 5.74) is 0.849. The van der Waals surface area contributed by atoms with Crippen LogP contribution in [-0.4, -0.2) is 12.1 Å². The zero-order valence-corrected chi connectivity index (χ0v) is 10.3. The smallest absolute Gasteiger partial charge is 0.406 e. The second-order valence-electron chi connectivity index (χ2n) is 4.13. The van der Waals surface area contributed by atoms with Gasteiger partial charge >= 0.3 is 6.36 Å². The third-order valence-electron chi connectivity index (χ3n) is 2.61. The second kappa shape index (κ2) is 5.89. The molecule has 0 heterocycles. The van der Waals surface area contributed by atoms with Gasteiger partial charge in [0, 0.05) is 6.42 Å². The predicted molar refractivity (Wildman–Crippen MR) is 61.5 cm³/mol. The summed E-state index contributed by atoms with van der Waals surface area (Å²) in [6.45, 7) is 3.44. The highest BCUT2D eigenvalue weighted by atomic mass is 19.4. The highest BCUT2D eigenvalue weighted by Gasteiger charge is 2.31. The summed E-state index contributed by atoms with van der Waals surface area (Å²) in [6, 6.07) is 5.67. The van der Waals surface area contributed by atoms with Crippen LogP contribution in [0.25, 0.3) is 0 Å². The lowest BCUT2D eigenvalue weighted by Crippen LogP contribution is -2.17. The maximum absolute atomic E-state index is 12.0. The fourth-order valence-corrected chi connectivity index (χ4v) is 1.79. The van der Waals surface area contributed by atoms with E-state index in [9.17, 15) is 18.0 Å². The summed E-state index contributed by atoms with van der Waals surface area (Å²) in [4.78, 5) is 11.1. The topological polar surface area (TPSA) is 26.3 Å². The van der Waals surface area contributed by atoms with Crippen molar-refractivity contribution in [2.24, 2.45) is 0 Å². The molecular weight excluding hydrogens is 245 g/mol. The average Bonchev–Trinajstić information content (AvgIpc) is 2.24. The Morgan fingerprint density at radius 2 is 1.83 bits per heavy atom. The molecular formula is C13H15F3O2. The predicted octanol–water partition coefficient (Wildman–Crippen LogP) is 4.06. The van der Waals surface area contributed by atoms with E-state index in [4.69, 9.17) is 0 Å². The Kier molecular flexibility index (Phi) is 4.76. The number of carbonyl (C=O) groups is 1. The first kappa shape index (κ1) is 14.5. The first-order valence-corrected chi connectivity index (χ1v) is 5.67. The van der Waals surface area contributed by atoms with Gasteiger partial charge in [-0.25, -0.2) is 0 Å². The molecule has 0 fully saturated rings. The molecule has 0 spiro atoms. The van der Waals surface area contributed by atoms with E-state index in [-0.39, 0.29) is 17.5 Å². The molecule has 100 valence electrons. The summed E-state index contributed by atoms with van der Waals surface area (Å²) in [5, 5.41) is 0. The van der Waals surface area contributed by atoms with E-state index in [0.29, 0.717) is 6.42 Å². The Balaban J connectivity index is 2.77. The van der Waals surface area contributed by atoms with Gasteiger partial charge in [0.2, 0.25) is 0 Å². The van der Waals surface area contributed by atoms with Crippen LogP contribution >= 0.6 is 0 Å². The summed E-state index contributed by atoms with van der Waals surface area (Å²) in [6.07, 6.45) is -3.51. The fraction of sp³-hybridized carbons (Fsp3) is 0.462. The summed E-state index contributed by atoms with van der Waals surface area (Å²) in [7, 11) is 0. The second-order valence-corrected chi connectivity index (χ2v) is 4.13. The molecule has 0 N–H and O–H groups in total. The molecule has 1 atom stereocenters. The van der Waals surface area contributed by atoms with Gasteiger partial charge in [0.15, 0.2) is 0 Å². The van der Waals surface area contributed by atoms with E-state index in [0.717, 1.165) is 12.0 Å². The van der Waals surface area contributed by atoms with Crippen LogP contribution in [0.1, 0.15) is 38.2 Å². The minimum atomic E-state index is -4.68. The van der Waals surface area contributed by atoms with E-state index < -0.39 is 6.36 Å². The molecule has 1 aromatic carbocycles. The monoisotopic (exact) mass is 260 g/mol. The first-order chi connectivity index (χ1) is 8.31. The molecule has 0 aliphatic carbocycles.